The Hall–Kier alpha value is -2.83. The first-order chi connectivity index (χ1) is 15.7. The molecule has 0 bridgehead atoms. The maximum atomic E-state index is 13.1. The van der Waals surface area contributed by atoms with Crippen LogP contribution < -0.4 is 10.1 Å². The van der Waals surface area contributed by atoms with Crippen molar-refractivity contribution in [3.8, 4) is 11.4 Å². The highest BCUT2D eigenvalue weighted by molar-refractivity contribution is 5.94. The molecule has 1 fully saturated rings. The lowest BCUT2D eigenvalue weighted by molar-refractivity contribution is -0.138. The molecule has 1 aliphatic carbocycles. The van der Waals surface area contributed by atoms with E-state index in [0.29, 0.717) is 12.4 Å². The summed E-state index contributed by atoms with van der Waals surface area (Å²) in [6, 6.07) is 9.46. The third-order valence-electron chi connectivity index (χ3n) is 6.19. The van der Waals surface area contributed by atoms with Gasteiger partial charge in [0.15, 0.2) is 0 Å². The van der Waals surface area contributed by atoms with Crippen LogP contribution in [0.4, 0.5) is 5.82 Å². The van der Waals surface area contributed by atoms with Gasteiger partial charge in [0.05, 0.1) is 25.0 Å². The highest BCUT2D eigenvalue weighted by Gasteiger charge is 2.28. The number of aromatic nitrogens is 2. The molecule has 0 aliphatic heterocycles. The molecule has 180 valence electrons. The molecular formula is C26H38N4O3. The molecule has 3 rings (SSSR count). The van der Waals surface area contributed by atoms with Crippen molar-refractivity contribution in [3.05, 3.63) is 36.0 Å². The Morgan fingerprint density at radius 1 is 1.18 bits per heavy atom. The molecule has 1 aliphatic rings. The topological polar surface area (TPSA) is 76.5 Å². The Morgan fingerprint density at radius 2 is 1.85 bits per heavy atom. The van der Waals surface area contributed by atoms with E-state index in [9.17, 15) is 9.59 Å². The number of methoxy groups -OCH3 is 1. The van der Waals surface area contributed by atoms with Gasteiger partial charge in [-0.3, -0.25) is 9.59 Å². The largest absolute Gasteiger partial charge is 0.497 e. The van der Waals surface area contributed by atoms with Crippen molar-refractivity contribution in [2.75, 3.05) is 25.5 Å². The molecule has 0 atom stereocenters. The number of anilines is 1. The van der Waals surface area contributed by atoms with Gasteiger partial charge < -0.3 is 15.0 Å². The van der Waals surface area contributed by atoms with E-state index in [1.165, 1.54) is 0 Å². The van der Waals surface area contributed by atoms with Crippen LogP contribution in [0.25, 0.3) is 5.69 Å². The number of ether oxygens (including phenoxy) is 1. The summed E-state index contributed by atoms with van der Waals surface area (Å²) in [5.74, 6) is 1.33. The Morgan fingerprint density at radius 3 is 2.42 bits per heavy atom. The maximum absolute atomic E-state index is 13.1. The van der Waals surface area contributed by atoms with Gasteiger partial charge in [0.25, 0.3) is 0 Å². The lowest BCUT2D eigenvalue weighted by Gasteiger charge is -2.25. The summed E-state index contributed by atoms with van der Waals surface area (Å²) in [6.45, 7) is 9.04. The molecule has 1 saturated carbocycles. The minimum Gasteiger partial charge on any atom is -0.497 e. The molecule has 1 aromatic heterocycles. The van der Waals surface area contributed by atoms with Gasteiger partial charge >= 0.3 is 0 Å². The monoisotopic (exact) mass is 454 g/mol. The van der Waals surface area contributed by atoms with Crippen LogP contribution in [0.15, 0.2) is 30.3 Å². The van der Waals surface area contributed by atoms with Gasteiger partial charge in [-0.2, -0.15) is 5.10 Å². The van der Waals surface area contributed by atoms with Crippen LogP contribution in [-0.2, 0) is 15.0 Å². The van der Waals surface area contributed by atoms with Crippen molar-refractivity contribution in [1.29, 1.82) is 0 Å². The fourth-order valence-electron chi connectivity index (χ4n) is 4.16. The van der Waals surface area contributed by atoms with E-state index in [2.05, 4.69) is 33.0 Å². The molecule has 7 nitrogen and oxygen atoms in total. The molecule has 1 aromatic carbocycles. The zero-order chi connectivity index (χ0) is 24.0. The van der Waals surface area contributed by atoms with Crippen molar-refractivity contribution in [2.24, 2.45) is 5.92 Å². The minimum atomic E-state index is -0.201. The number of carbonyl (C=O) groups is 2. The molecule has 2 amide bonds. The van der Waals surface area contributed by atoms with Crippen LogP contribution >= 0.6 is 0 Å². The quantitative estimate of drug-likeness (QED) is 0.582. The van der Waals surface area contributed by atoms with E-state index in [0.717, 1.165) is 55.7 Å². The molecule has 1 heterocycles. The second kappa shape index (κ2) is 10.9. The van der Waals surface area contributed by atoms with Gasteiger partial charge in [-0.05, 0) is 43.5 Å². The van der Waals surface area contributed by atoms with E-state index >= 15 is 0 Å². The molecule has 0 spiro atoms. The molecule has 2 aromatic rings. The molecule has 0 radical (unpaired) electrons. The summed E-state index contributed by atoms with van der Waals surface area (Å²) < 4.78 is 7.01. The third kappa shape index (κ3) is 6.36. The van der Waals surface area contributed by atoms with Crippen molar-refractivity contribution in [2.45, 2.75) is 71.6 Å². The zero-order valence-corrected chi connectivity index (χ0v) is 20.7. The predicted molar refractivity (Wildman–Crippen MR) is 131 cm³/mol. The number of unbranched alkanes of at least 4 members (excludes halogenated alkanes) is 1. The summed E-state index contributed by atoms with van der Waals surface area (Å²) in [6.07, 6.45) is 5.94. The van der Waals surface area contributed by atoms with Gasteiger partial charge in [0.1, 0.15) is 11.6 Å². The summed E-state index contributed by atoms with van der Waals surface area (Å²) in [5.41, 5.74) is 1.52. The summed E-state index contributed by atoms with van der Waals surface area (Å²) in [5, 5.41) is 7.79. The Kier molecular flexibility index (Phi) is 8.16. The average molecular weight is 455 g/mol. The smallest absolute Gasteiger partial charge is 0.245 e. The number of rotatable bonds is 9. The Bertz CT molecular complexity index is 937. The predicted octanol–water partition coefficient (Wildman–Crippen LogP) is 4.94. The number of benzene rings is 1. The lowest BCUT2D eigenvalue weighted by atomic mass is 9.92. The number of hydrogen-bond donors (Lipinski definition) is 1. The standard InChI is InChI=1S/C26H38N4O3/c1-6-7-16-29(25(32)19-10-8-9-11-19)18-24(31)27-23-17-22(26(2,3)4)28-30(23)20-12-14-21(33-5)15-13-20/h12-15,17,19H,6-11,16,18H2,1-5H3,(H,27,31). The number of nitrogens with one attached hydrogen (secondary N) is 1. The highest BCUT2D eigenvalue weighted by Crippen LogP contribution is 2.28. The van der Waals surface area contributed by atoms with Gasteiger partial charge in [0.2, 0.25) is 11.8 Å². The Labute approximate surface area is 197 Å². The SMILES string of the molecule is CCCCN(CC(=O)Nc1cc(C(C)(C)C)nn1-c1ccc(OC)cc1)C(=O)C1CCCC1. The number of carbonyl (C=O) groups excluding carboxylic acids is 2. The van der Waals surface area contributed by atoms with Gasteiger partial charge in [-0.25, -0.2) is 4.68 Å². The number of amides is 2. The fraction of sp³-hybridized carbons (Fsp3) is 0.577. The Balaban J connectivity index is 1.81. The molecule has 0 saturated heterocycles. The highest BCUT2D eigenvalue weighted by atomic mass is 16.5. The van der Waals surface area contributed by atoms with Crippen LogP contribution in [-0.4, -0.2) is 46.7 Å². The third-order valence-corrected chi connectivity index (χ3v) is 6.19. The van der Waals surface area contributed by atoms with Crippen LogP contribution in [0.1, 0.15) is 71.9 Å². The van der Waals surface area contributed by atoms with Crippen molar-refractivity contribution >= 4 is 17.6 Å². The second-order valence-corrected chi connectivity index (χ2v) is 9.92. The van der Waals surface area contributed by atoms with E-state index < -0.39 is 0 Å². The molecular weight excluding hydrogens is 416 g/mol. The van der Waals surface area contributed by atoms with Crippen molar-refractivity contribution < 1.29 is 14.3 Å². The molecule has 0 unspecified atom stereocenters. The number of nitrogens with zero attached hydrogens (tertiary/aromatic N) is 3. The average Bonchev–Trinajstić information content (AvgIpc) is 3.46. The second-order valence-electron chi connectivity index (χ2n) is 9.92. The first-order valence-electron chi connectivity index (χ1n) is 12.1. The lowest BCUT2D eigenvalue weighted by Crippen LogP contribution is -2.41. The normalized spacial score (nSPS) is 14.3. The van der Waals surface area contributed by atoms with E-state index in [1.807, 2.05) is 30.3 Å². The minimum absolute atomic E-state index is 0.0620. The van der Waals surface area contributed by atoms with Crippen LogP contribution in [0.5, 0.6) is 5.75 Å². The van der Waals surface area contributed by atoms with Crippen LogP contribution in [0, 0.1) is 5.92 Å². The van der Waals surface area contributed by atoms with Crippen molar-refractivity contribution in [3.63, 3.8) is 0 Å². The number of hydrogen-bond acceptors (Lipinski definition) is 4. The maximum Gasteiger partial charge on any atom is 0.245 e. The van der Waals surface area contributed by atoms with Gasteiger partial charge in [-0.15, -0.1) is 0 Å². The van der Waals surface area contributed by atoms with E-state index in [4.69, 9.17) is 9.84 Å². The first-order valence-corrected chi connectivity index (χ1v) is 12.1. The first kappa shape index (κ1) is 24.8. The van der Waals surface area contributed by atoms with E-state index in [-0.39, 0.29) is 29.7 Å². The van der Waals surface area contributed by atoms with Gasteiger partial charge in [-0.1, -0.05) is 47.0 Å². The van der Waals surface area contributed by atoms with Crippen LogP contribution in [0.3, 0.4) is 0 Å². The van der Waals surface area contributed by atoms with Gasteiger partial charge in [0, 0.05) is 23.9 Å². The summed E-state index contributed by atoms with van der Waals surface area (Å²) in [4.78, 5) is 27.9. The molecule has 33 heavy (non-hydrogen) atoms. The summed E-state index contributed by atoms with van der Waals surface area (Å²) >= 11 is 0. The summed E-state index contributed by atoms with van der Waals surface area (Å²) in [7, 11) is 1.63. The van der Waals surface area contributed by atoms with E-state index in [1.54, 1.807) is 16.7 Å². The zero-order valence-electron chi connectivity index (χ0n) is 20.7. The van der Waals surface area contributed by atoms with Crippen LogP contribution in [0.2, 0.25) is 0 Å². The molecule has 1 N–H and O–H groups in total. The van der Waals surface area contributed by atoms with Crippen molar-refractivity contribution in [1.82, 2.24) is 14.7 Å². The fourth-order valence-corrected chi connectivity index (χ4v) is 4.16. The molecule has 7 heteroatoms.